The van der Waals surface area contributed by atoms with Crippen molar-refractivity contribution in [2.24, 2.45) is 0 Å². The molecular weight excluding hydrogens is 222 g/mol. The molecule has 1 aromatic heterocycles. The lowest BCUT2D eigenvalue weighted by atomic mass is 10.3. The van der Waals surface area contributed by atoms with Crippen LogP contribution in [0.15, 0.2) is 17.5 Å². The van der Waals surface area contributed by atoms with Crippen molar-refractivity contribution < 1.29 is 9.84 Å². The van der Waals surface area contributed by atoms with Crippen molar-refractivity contribution in [2.75, 3.05) is 26.8 Å². The van der Waals surface area contributed by atoms with Crippen LogP contribution in [0.1, 0.15) is 18.2 Å². The van der Waals surface area contributed by atoms with Gasteiger partial charge in [0.15, 0.2) is 0 Å². The standard InChI is InChI=1S/C12H21NO2S/c1-11(14)9-13(6-4-7-15-2)10-12-5-3-8-16-12/h3,5,8,11,14H,4,6-7,9-10H2,1-2H3. The number of aliphatic hydroxyl groups is 1. The lowest BCUT2D eigenvalue weighted by molar-refractivity contribution is 0.111. The fraction of sp³-hybridized carbons (Fsp3) is 0.667. The molecule has 3 nitrogen and oxygen atoms in total. The van der Waals surface area contributed by atoms with Gasteiger partial charge in [0.2, 0.25) is 0 Å². The maximum absolute atomic E-state index is 9.44. The summed E-state index contributed by atoms with van der Waals surface area (Å²) in [5.41, 5.74) is 0. The van der Waals surface area contributed by atoms with Gasteiger partial charge in [-0.1, -0.05) is 6.07 Å². The Bertz CT molecular complexity index is 262. The van der Waals surface area contributed by atoms with Crippen molar-refractivity contribution in [3.8, 4) is 0 Å². The lowest BCUT2D eigenvalue weighted by Crippen LogP contribution is -2.31. The van der Waals surface area contributed by atoms with Crippen LogP contribution in [0.3, 0.4) is 0 Å². The van der Waals surface area contributed by atoms with E-state index < -0.39 is 0 Å². The summed E-state index contributed by atoms with van der Waals surface area (Å²) in [6.45, 7) is 5.23. The number of hydrogen-bond donors (Lipinski definition) is 1. The molecule has 0 amide bonds. The Morgan fingerprint density at radius 3 is 2.94 bits per heavy atom. The molecule has 0 saturated heterocycles. The summed E-state index contributed by atoms with van der Waals surface area (Å²) in [6, 6.07) is 4.20. The van der Waals surface area contributed by atoms with Gasteiger partial charge in [0.1, 0.15) is 0 Å². The average Bonchev–Trinajstić information content (AvgIpc) is 2.69. The first-order valence-corrected chi connectivity index (χ1v) is 6.52. The zero-order chi connectivity index (χ0) is 11.8. The predicted octanol–water partition coefficient (Wildman–Crippen LogP) is 1.97. The van der Waals surface area contributed by atoms with E-state index in [2.05, 4.69) is 22.4 Å². The van der Waals surface area contributed by atoms with Gasteiger partial charge in [-0.2, -0.15) is 0 Å². The summed E-state index contributed by atoms with van der Waals surface area (Å²) >= 11 is 1.76. The highest BCUT2D eigenvalue weighted by molar-refractivity contribution is 7.09. The van der Waals surface area contributed by atoms with E-state index in [0.29, 0.717) is 0 Å². The second-order valence-corrected chi connectivity index (χ2v) is 5.04. The quantitative estimate of drug-likeness (QED) is 0.709. The Morgan fingerprint density at radius 1 is 1.56 bits per heavy atom. The van der Waals surface area contributed by atoms with Gasteiger partial charge in [-0.25, -0.2) is 0 Å². The van der Waals surface area contributed by atoms with Crippen molar-refractivity contribution in [3.05, 3.63) is 22.4 Å². The van der Waals surface area contributed by atoms with Crippen LogP contribution < -0.4 is 0 Å². The Balaban J connectivity index is 2.37. The molecule has 0 aliphatic carbocycles. The van der Waals surface area contributed by atoms with Crippen LogP contribution in [-0.4, -0.2) is 42.9 Å². The minimum atomic E-state index is -0.275. The molecule has 0 bridgehead atoms. The molecule has 0 aliphatic heterocycles. The monoisotopic (exact) mass is 243 g/mol. The summed E-state index contributed by atoms with van der Waals surface area (Å²) in [4.78, 5) is 3.62. The third kappa shape index (κ3) is 5.61. The first kappa shape index (κ1) is 13.6. The molecule has 1 atom stereocenters. The van der Waals surface area contributed by atoms with Crippen molar-refractivity contribution in [1.82, 2.24) is 4.90 Å². The van der Waals surface area contributed by atoms with Gasteiger partial charge in [0.05, 0.1) is 6.10 Å². The van der Waals surface area contributed by atoms with E-state index in [9.17, 15) is 5.11 Å². The summed E-state index contributed by atoms with van der Waals surface area (Å²) in [5, 5.41) is 11.5. The number of rotatable bonds is 8. The van der Waals surface area contributed by atoms with Crippen LogP contribution in [0.5, 0.6) is 0 Å². The van der Waals surface area contributed by atoms with Crippen LogP contribution in [0, 0.1) is 0 Å². The maximum Gasteiger partial charge on any atom is 0.0639 e. The number of aliphatic hydroxyl groups excluding tert-OH is 1. The molecular formula is C12H21NO2S. The van der Waals surface area contributed by atoms with E-state index in [1.807, 2.05) is 6.92 Å². The highest BCUT2D eigenvalue weighted by Gasteiger charge is 2.09. The summed E-state index contributed by atoms with van der Waals surface area (Å²) in [7, 11) is 1.72. The number of ether oxygens (including phenoxy) is 1. The third-order valence-electron chi connectivity index (χ3n) is 2.30. The first-order valence-electron chi connectivity index (χ1n) is 5.64. The van der Waals surface area contributed by atoms with Gasteiger partial charge >= 0.3 is 0 Å². The zero-order valence-electron chi connectivity index (χ0n) is 10.1. The molecule has 1 aromatic rings. The zero-order valence-corrected chi connectivity index (χ0v) is 10.9. The molecule has 0 radical (unpaired) electrons. The minimum Gasteiger partial charge on any atom is -0.392 e. The fourth-order valence-electron chi connectivity index (χ4n) is 1.66. The minimum absolute atomic E-state index is 0.275. The van der Waals surface area contributed by atoms with E-state index in [4.69, 9.17) is 4.74 Å². The number of thiophene rings is 1. The van der Waals surface area contributed by atoms with E-state index in [1.165, 1.54) is 4.88 Å². The molecule has 1 unspecified atom stereocenters. The smallest absolute Gasteiger partial charge is 0.0639 e. The summed E-state index contributed by atoms with van der Waals surface area (Å²) in [5.74, 6) is 0. The lowest BCUT2D eigenvalue weighted by Gasteiger charge is -2.22. The van der Waals surface area contributed by atoms with Gasteiger partial charge in [0.25, 0.3) is 0 Å². The SMILES string of the molecule is COCCCN(Cc1cccs1)CC(C)O. The number of hydrogen-bond acceptors (Lipinski definition) is 4. The van der Waals surface area contributed by atoms with Crippen LogP contribution in [0.4, 0.5) is 0 Å². The normalized spacial score (nSPS) is 13.2. The number of methoxy groups -OCH3 is 1. The van der Waals surface area contributed by atoms with E-state index in [-0.39, 0.29) is 6.10 Å². The molecule has 1 heterocycles. The highest BCUT2D eigenvalue weighted by Crippen LogP contribution is 2.12. The van der Waals surface area contributed by atoms with Crippen molar-refractivity contribution in [3.63, 3.8) is 0 Å². The van der Waals surface area contributed by atoms with Crippen molar-refractivity contribution in [1.29, 1.82) is 0 Å². The van der Waals surface area contributed by atoms with E-state index in [0.717, 1.165) is 32.7 Å². The summed E-state index contributed by atoms with van der Waals surface area (Å²) < 4.78 is 5.05. The third-order valence-corrected chi connectivity index (χ3v) is 3.17. The maximum atomic E-state index is 9.44. The Kier molecular flexibility index (Phi) is 6.64. The van der Waals surface area contributed by atoms with Gasteiger partial charge in [-0.05, 0) is 24.8 Å². The Morgan fingerprint density at radius 2 is 2.38 bits per heavy atom. The molecule has 4 heteroatoms. The van der Waals surface area contributed by atoms with Gasteiger partial charge in [-0.3, -0.25) is 4.90 Å². The van der Waals surface area contributed by atoms with Crippen LogP contribution >= 0.6 is 11.3 Å². The Hall–Kier alpha value is -0.420. The van der Waals surface area contributed by atoms with Crippen LogP contribution in [0.25, 0.3) is 0 Å². The van der Waals surface area contributed by atoms with E-state index >= 15 is 0 Å². The molecule has 1 N–H and O–H groups in total. The van der Waals surface area contributed by atoms with Gasteiger partial charge in [0, 0.05) is 38.2 Å². The van der Waals surface area contributed by atoms with Crippen molar-refractivity contribution in [2.45, 2.75) is 26.0 Å². The van der Waals surface area contributed by atoms with Crippen molar-refractivity contribution >= 4 is 11.3 Å². The molecule has 16 heavy (non-hydrogen) atoms. The molecule has 0 spiro atoms. The van der Waals surface area contributed by atoms with Gasteiger partial charge in [-0.15, -0.1) is 11.3 Å². The predicted molar refractivity (Wildman–Crippen MR) is 67.8 cm³/mol. The topological polar surface area (TPSA) is 32.7 Å². The number of nitrogens with zero attached hydrogens (tertiary/aromatic N) is 1. The molecule has 0 saturated carbocycles. The molecule has 0 aromatic carbocycles. The van der Waals surface area contributed by atoms with Gasteiger partial charge < -0.3 is 9.84 Å². The first-order chi connectivity index (χ1) is 7.72. The second-order valence-electron chi connectivity index (χ2n) is 4.01. The average molecular weight is 243 g/mol. The fourth-order valence-corrected chi connectivity index (χ4v) is 2.41. The molecule has 92 valence electrons. The van der Waals surface area contributed by atoms with E-state index in [1.54, 1.807) is 18.4 Å². The molecule has 1 rings (SSSR count). The molecule has 0 fully saturated rings. The molecule has 0 aliphatic rings. The largest absolute Gasteiger partial charge is 0.392 e. The highest BCUT2D eigenvalue weighted by atomic mass is 32.1. The Labute approximate surface area is 102 Å². The second kappa shape index (κ2) is 7.79. The van der Waals surface area contributed by atoms with Crippen LogP contribution in [-0.2, 0) is 11.3 Å². The summed E-state index contributed by atoms with van der Waals surface area (Å²) in [6.07, 6.45) is 0.733. The van der Waals surface area contributed by atoms with Crippen LogP contribution in [0.2, 0.25) is 0 Å².